The third-order valence-corrected chi connectivity index (χ3v) is 2.60. The van der Waals surface area contributed by atoms with Gasteiger partial charge in [-0.05, 0) is 18.2 Å². The smallest absolute Gasteiger partial charge is 0.335 e. The van der Waals surface area contributed by atoms with Crippen molar-refractivity contribution in [3.05, 3.63) is 47.0 Å². The van der Waals surface area contributed by atoms with Crippen LogP contribution in [-0.2, 0) is 0 Å². The molecule has 2 rings (SSSR count). The first kappa shape index (κ1) is 13.2. The van der Waals surface area contributed by atoms with Crippen molar-refractivity contribution >= 4 is 17.6 Å². The molecule has 1 aromatic heterocycles. The maximum atomic E-state index is 10.8. The predicted molar refractivity (Wildman–Crippen MR) is 69.3 cm³/mol. The molecular weight excluding hydrogens is 270 g/mol. The molecule has 0 aliphatic carbocycles. The first-order valence-electron chi connectivity index (χ1n) is 5.32. The number of rotatable bonds is 4. The minimum absolute atomic E-state index is 0.0935. The number of carboxylic acid groups (broad SMARTS) is 1. The fourth-order valence-corrected chi connectivity index (χ4v) is 1.61. The molecule has 0 spiro atoms. The largest absolute Gasteiger partial charge is 0.481 e. The highest BCUT2D eigenvalue weighted by molar-refractivity contribution is 6.32. The van der Waals surface area contributed by atoms with Gasteiger partial charge in [-0.15, -0.1) is 0 Å². The van der Waals surface area contributed by atoms with Crippen LogP contribution in [0.5, 0.6) is 17.5 Å². The zero-order valence-corrected chi connectivity index (χ0v) is 10.7. The first-order chi connectivity index (χ1) is 9.10. The van der Waals surface area contributed by atoms with Gasteiger partial charge in [0.15, 0.2) is 0 Å². The van der Waals surface area contributed by atoms with Gasteiger partial charge >= 0.3 is 5.97 Å². The van der Waals surface area contributed by atoms with E-state index in [-0.39, 0.29) is 10.6 Å². The quantitative estimate of drug-likeness (QED) is 0.930. The van der Waals surface area contributed by atoms with Gasteiger partial charge in [0.05, 0.1) is 17.7 Å². The molecule has 0 amide bonds. The highest BCUT2D eigenvalue weighted by Crippen LogP contribution is 2.29. The highest BCUT2D eigenvalue weighted by atomic mass is 35.5. The van der Waals surface area contributed by atoms with Gasteiger partial charge in [0.1, 0.15) is 5.75 Å². The second-order valence-corrected chi connectivity index (χ2v) is 3.98. The lowest BCUT2D eigenvalue weighted by molar-refractivity contribution is 0.0697. The number of hydrogen-bond acceptors (Lipinski definition) is 4. The van der Waals surface area contributed by atoms with Crippen molar-refractivity contribution in [3.63, 3.8) is 0 Å². The van der Waals surface area contributed by atoms with E-state index < -0.39 is 5.97 Å². The van der Waals surface area contributed by atoms with Crippen molar-refractivity contribution in [1.82, 2.24) is 4.98 Å². The number of hydrogen-bond donors (Lipinski definition) is 1. The number of ether oxygens (including phenoxy) is 2. The van der Waals surface area contributed by atoms with Crippen LogP contribution in [0.15, 0.2) is 36.4 Å². The summed E-state index contributed by atoms with van der Waals surface area (Å²) in [5.41, 5.74) is 0.0935. The Morgan fingerprint density at radius 3 is 2.63 bits per heavy atom. The summed E-state index contributed by atoms with van der Waals surface area (Å²) >= 11 is 5.95. The monoisotopic (exact) mass is 279 g/mol. The summed E-state index contributed by atoms with van der Waals surface area (Å²) in [6, 6.07) is 9.25. The molecule has 0 unspecified atom stereocenters. The lowest BCUT2D eigenvalue weighted by atomic mass is 10.2. The number of methoxy groups -OCH3 is 1. The van der Waals surface area contributed by atoms with Crippen LogP contribution in [0.3, 0.4) is 0 Å². The van der Waals surface area contributed by atoms with Crippen LogP contribution >= 0.6 is 11.6 Å². The van der Waals surface area contributed by atoms with Gasteiger partial charge < -0.3 is 14.6 Å². The molecule has 5 nitrogen and oxygen atoms in total. The number of carbonyl (C=O) groups is 1. The van der Waals surface area contributed by atoms with Crippen LogP contribution in [0.4, 0.5) is 0 Å². The standard InChI is InChI=1S/C13H10ClNO4/c1-18-11-3-2-4-12(15-11)19-10-6-5-8(13(16)17)7-9(10)14/h2-7H,1H3,(H,16,17). The van der Waals surface area contributed by atoms with E-state index in [4.69, 9.17) is 26.2 Å². The van der Waals surface area contributed by atoms with Gasteiger partial charge in [0, 0.05) is 12.1 Å². The average molecular weight is 280 g/mol. The summed E-state index contributed by atoms with van der Waals surface area (Å²) in [4.78, 5) is 14.8. The van der Waals surface area contributed by atoms with Crippen molar-refractivity contribution in [3.8, 4) is 17.5 Å². The molecule has 98 valence electrons. The number of aromatic carboxylic acids is 1. The first-order valence-corrected chi connectivity index (χ1v) is 5.69. The molecule has 6 heteroatoms. The van der Waals surface area contributed by atoms with Crippen LogP contribution in [0.1, 0.15) is 10.4 Å². The van der Waals surface area contributed by atoms with E-state index in [0.29, 0.717) is 17.5 Å². The molecule has 0 radical (unpaired) electrons. The van der Waals surface area contributed by atoms with Crippen LogP contribution in [0.25, 0.3) is 0 Å². The second kappa shape index (κ2) is 5.58. The second-order valence-electron chi connectivity index (χ2n) is 3.57. The Morgan fingerprint density at radius 2 is 2.00 bits per heavy atom. The van der Waals surface area contributed by atoms with Gasteiger partial charge in [-0.3, -0.25) is 0 Å². The minimum atomic E-state index is -1.05. The topological polar surface area (TPSA) is 68.7 Å². The summed E-state index contributed by atoms with van der Waals surface area (Å²) in [7, 11) is 1.50. The zero-order valence-electron chi connectivity index (χ0n) is 9.96. The van der Waals surface area contributed by atoms with Gasteiger partial charge in [-0.2, -0.15) is 4.98 Å². The van der Waals surface area contributed by atoms with Crippen LogP contribution < -0.4 is 9.47 Å². The maximum absolute atomic E-state index is 10.8. The van der Waals surface area contributed by atoms with Crippen molar-refractivity contribution < 1.29 is 19.4 Å². The fraction of sp³-hybridized carbons (Fsp3) is 0.0769. The van der Waals surface area contributed by atoms with E-state index in [1.807, 2.05) is 0 Å². The number of halogens is 1. The van der Waals surface area contributed by atoms with Gasteiger partial charge in [-0.1, -0.05) is 17.7 Å². The summed E-state index contributed by atoms with van der Waals surface area (Å²) in [5.74, 6) is 0.000443. The van der Waals surface area contributed by atoms with Crippen LogP contribution in [0, 0.1) is 0 Å². The summed E-state index contributed by atoms with van der Waals surface area (Å²) in [6.45, 7) is 0. The molecule has 0 fully saturated rings. The molecule has 0 aliphatic rings. The number of pyridine rings is 1. The lowest BCUT2D eigenvalue weighted by Crippen LogP contribution is -1.97. The third-order valence-electron chi connectivity index (χ3n) is 2.30. The fourth-order valence-electron chi connectivity index (χ4n) is 1.40. The summed E-state index contributed by atoms with van der Waals surface area (Å²) in [5, 5.41) is 9.03. The van der Waals surface area contributed by atoms with Crippen molar-refractivity contribution in [2.75, 3.05) is 7.11 Å². The van der Waals surface area contributed by atoms with E-state index in [9.17, 15) is 4.79 Å². The zero-order chi connectivity index (χ0) is 13.8. The SMILES string of the molecule is COc1cccc(Oc2ccc(C(=O)O)cc2Cl)n1. The molecule has 0 atom stereocenters. The van der Waals surface area contributed by atoms with E-state index in [0.717, 1.165) is 0 Å². The van der Waals surface area contributed by atoms with Gasteiger partial charge in [0.2, 0.25) is 11.8 Å². The lowest BCUT2D eigenvalue weighted by Gasteiger charge is -2.08. The van der Waals surface area contributed by atoms with Crippen molar-refractivity contribution in [1.29, 1.82) is 0 Å². The third kappa shape index (κ3) is 3.14. The van der Waals surface area contributed by atoms with Crippen LogP contribution in [0.2, 0.25) is 5.02 Å². The van der Waals surface area contributed by atoms with E-state index >= 15 is 0 Å². The molecule has 0 saturated carbocycles. The summed E-state index contributed by atoms with van der Waals surface area (Å²) < 4.78 is 10.4. The average Bonchev–Trinajstić information content (AvgIpc) is 2.41. The molecule has 1 aromatic carbocycles. The normalized spacial score (nSPS) is 10.0. The maximum Gasteiger partial charge on any atom is 0.335 e. The molecular formula is C13H10ClNO4. The van der Waals surface area contributed by atoms with E-state index in [2.05, 4.69) is 4.98 Å². The molecule has 1 N–H and O–H groups in total. The molecule has 19 heavy (non-hydrogen) atoms. The number of aromatic nitrogens is 1. The summed E-state index contributed by atoms with van der Waals surface area (Å²) in [6.07, 6.45) is 0. The van der Waals surface area contributed by atoms with E-state index in [1.54, 1.807) is 18.2 Å². The van der Waals surface area contributed by atoms with Gasteiger partial charge in [0.25, 0.3) is 0 Å². The Hall–Kier alpha value is -2.27. The Labute approximate surface area is 114 Å². The Bertz CT molecular complexity index is 615. The van der Waals surface area contributed by atoms with Crippen molar-refractivity contribution in [2.24, 2.45) is 0 Å². The number of benzene rings is 1. The predicted octanol–water partition coefficient (Wildman–Crippen LogP) is 3.23. The van der Waals surface area contributed by atoms with Crippen LogP contribution in [-0.4, -0.2) is 23.2 Å². The molecule has 0 saturated heterocycles. The molecule has 0 bridgehead atoms. The molecule has 0 aliphatic heterocycles. The van der Waals surface area contributed by atoms with E-state index in [1.165, 1.54) is 25.3 Å². The number of carboxylic acids is 1. The molecule has 2 aromatic rings. The Kier molecular flexibility index (Phi) is 3.87. The number of nitrogens with zero attached hydrogens (tertiary/aromatic N) is 1. The Morgan fingerprint density at radius 1 is 1.26 bits per heavy atom. The molecule has 1 heterocycles. The van der Waals surface area contributed by atoms with Gasteiger partial charge in [-0.25, -0.2) is 4.79 Å². The minimum Gasteiger partial charge on any atom is -0.481 e. The van der Waals surface area contributed by atoms with Crippen molar-refractivity contribution in [2.45, 2.75) is 0 Å². The highest BCUT2D eigenvalue weighted by Gasteiger charge is 2.09. The Balaban J connectivity index is 2.25.